The molecule has 0 spiro atoms. The quantitative estimate of drug-likeness (QED) is 0.394. The summed E-state index contributed by atoms with van der Waals surface area (Å²) >= 11 is 0. The Kier molecular flexibility index (Phi) is 3.43. The van der Waals surface area contributed by atoms with Crippen molar-refractivity contribution in [2.24, 2.45) is 16.3 Å². The van der Waals surface area contributed by atoms with E-state index in [1.165, 1.54) is 0 Å². The topological polar surface area (TPSA) is 29.4 Å². The molecule has 0 N–H and O–H groups in total. The Balaban J connectivity index is 2.96. The molecule has 0 saturated heterocycles. The highest BCUT2D eigenvalue weighted by atomic mass is 16.1. The maximum atomic E-state index is 10.1. The van der Waals surface area contributed by atoms with Gasteiger partial charge in [0.05, 0.1) is 6.54 Å². The van der Waals surface area contributed by atoms with E-state index < -0.39 is 0 Å². The number of rotatable bonds is 3. The molecule has 0 radical (unpaired) electrons. The minimum absolute atomic E-state index is 0.0253. The molecule has 0 aromatic rings. The van der Waals surface area contributed by atoms with Gasteiger partial charge < -0.3 is 0 Å². The second-order valence-electron chi connectivity index (χ2n) is 4.29. The van der Waals surface area contributed by atoms with Crippen LogP contribution in [-0.4, -0.2) is 12.6 Å². The van der Waals surface area contributed by atoms with E-state index in [1.54, 1.807) is 6.08 Å². The number of aliphatic imine (C=N–C) groups is 1. The predicted octanol–water partition coefficient (Wildman–Crippen LogP) is 3.04. The summed E-state index contributed by atoms with van der Waals surface area (Å²) in [5.41, 5.74) is 2.26. The number of isocyanates is 1. The first kappa shape index (κ1) is 11.7. The summed E-state index contributed by atoms with van der Waals surface area (Å²) in [4.78, 5) is 13.7. The fraction of sp³-hybridized carbons (Fsp3) is 0.462. The van der Waals surface area contributed by atoms with E-state index in [9.17, 15) is 4.79 Å². The molecule has 2 nitrogen and oxygen atoms in total. The van der Waals surface area contributed by atoms with Gasteiger partial charge in [-0.25, -0.2) is 9.79 Å². The zero-order valence-electron chi connectivity index (χ0n) is 9.58. The van der Waals surface area contributed by atoms with Crippen LogP contribution in [0.3, 0.4) is 0 Å². The first-order chi connectivity index (χ1) is 7.02. The minimum atomic E-state index is -0.0253. The molecule has 2 unspecified atom stereocenters. The molecule has 0 fully saturated rings. The highest BCUT2D eigenvalue weighted by Gasteiger charge is 2.33. The molecule has 15 heavy (non-hydrogen) atoms. The van der Waals surface area contributed by atoms with Gasteiger partial charge in [0.1, 0.15) is 0 Å². The van der Waals surface area contributed by atoms with Crippen molar-refractivity contribution in [3.8, 4) is 0 Å². The van der Waals surface area contributed by atoms with Gasteiger partial charge in [-0.3, -0.25) is 0 Å². The van der Waals surface area contributed by atoms with Gasteiger partial charge >= 0.3 is 0 Å². The fourth-order valence-corrected chi connectivity index (χ4v) is 1.87. The minimum Gasteiger partial charge on any atom is -0.211 e. The smallest absolute Gasteiger partial charge is 0.211 e. The summed E-state index contributed by atoms with van der Waals surface area (Å²) in [6, 6.07) is 0. The molecule has 0 bridgehead atoms. The van der Waals surface area contributed by atoms with Gasteiger partial charge in [-0.05, 0) is 18.4 Å². The van der Waals surface area contributed by atoms with Crippen molar-refractivity contribution in [1.82, 2.24) is 0 Å². The lowest BCUT2D eigenvalue weighted by Crippen LogP contribution is -2.28. The maximum absolute atomic E-state index is 10.1. The molecule has 0 aromatic heterocycles. The van der Waals surface area contributed by atoms with Crippen molar-refractivity contribution in [3.63, 3.8) is 0 Å². The standard InChI is InChI=1S/C13H17NO/c1-10(2)13(4)7-5-6-12(11(13)3)8-14-9-15/h5-7,11H,1,8H2,2-4H3. The zero-order valence-corrected chi connectivity index (χ0v) is 9.58. The van der Waals surface area contributed by atoms with E-state index in [4.69, 9.17) is 0 Å². The molecular weight excluding hydrogens is 186 g/mol. The van der Waals surface area contributed by atoms with Gasteiger partial charge in [-0.2, -0.15) is 0 Å². The van der Waals surface area contributed by atoms with Crippen molar-refractivity contribution >= 4 is 6.08 Å². The first-order valence-corrected chi connectivity index (χ1v) is 5.10. The number of allylic oxidation sites excluding steroid dienone is 4. The average Bonchev–Trinajstić information content (AvgIpc) is 2.20. The van der Waals surface area contributed by atoms with E-state index in [0.717, 1.165) is 11.1 Å². The van der Waals surface area contributed by atoms with E-state index in [2.05, 4.69) is 31.5 Å². The Morgan fingerprint density at radius 2 is 2.40 bits per heavy atom. The van der Waals surface area contributed by atoms with E-state index in [-0.39, 0.29) is 5.41 Å². The fourth-order valence-electron chi connectivity index (χ4n) is 1.87. The van der Waals surface area contributed by atoms with Gasteiger partial charge in [-0.1, -0.05) is 44.2 Å². The number of nitrogens with zero attached hydrogens (tertiary/aromatic N) is 1. The summed E-state index contributed by atoms with van der Waals surface area (Å²) in [6.45, 7) is 10.8. The summed E-state index contributed by atoms with van der Waals surface area (Å²) < 4.78 is 0. The highest BCUT2D eigenvalue weighted by Crippen LogP contribution is 2.42. The van der Waals surface area contributed by atoms with Crippen LogP contribution >= 0.6 is 0 Å². The lowest BCUT2D eigenvalue weighted by Gasteiger charge is -2.37. The summed E-state index contributed by atoms with van der Waals surface area (Å²) in [5.74, 6) is 0.331. The molecule has 2 heteroatoms. The van der Waals surface area contributed by atoms with Gasteiger partial charge in [0.25, 0.3) is 0 Å². The van der Waals surface area contributed by atoms with E-state index in [0.29, 0.717) is 12.5 Å². The van der Waals surface area contributed by atoms with Crippen LogP contribution in [0.4, 0.5) is 0 Å². The summed E-state index contributed by atoms with van der Waals surface area (Å²) in [7, 11) is 0. The molecule has 0 aromatic carbocycles. The van der Waals surface area contributed by atoms with Crippen molar-refractivity contribution in [2.75, 3.05) is 6.54 Å². The monoisotopic (exact) mass is 203 g/mol. The van der Waals surface area contributed by atoms with Crippen LogP contribution in [0.1, 0.15) is 20.8 Å². The first-order valence-electron chi connectivity index (χ1n) is 5.10. The van der Waals surface area contributed by atoms with Crippen LogP contribution in [-0.2, 0) is 4.79 Å². The lowest BCUT2D eigenvalue weighted by atomic mass is 9.68. The Hall–Kier alpha value is -1.40. The third-order valence-electron chi connectivity index (χ3n) is 3.45. The van der Waals surface area contributed by atoms with Crippen LogP contribution in [0, 0.1) is 11.3 Å². The Morgan fingerprint density at radius 1 is 1.73 bits per heavy atom. The van der Waals surface area contributed by atoms with E-state index in [1.807, 2.05) is 19.1 Å². The molecule has 1 aliphatic carbocycles. The number of hydrogen-bond donors (Lipinski definition) is 0. The Labute approximate surface area is 91.1 Å². The third kappa shape index (κ3) is 2.16. The zero-order chi connectivity index (χ0) is 11.5. The van der Waals surface area contributed by atoms with Crippen LogP contribution < -0.4 is 0 Å². The largest absolute Gasteiger partial charge is 0.235 e. The van der Waals surface area contributed by atoms with Crippen LogP contribution in [0.5, 0.6) is 0 Å². The molecule has 0 aliphatic heterocycles. The second kappa shape index (κ2) is 4.41. The van der Waals surface area contributed by atoms with Gasteiger partial charge in [0, 0.05) is 5.41 Å². The van der Waals surface area contributed by atoms with Crippen molar-refractivity contribution in [2.45, 2.75) is 20.8 Å². The molecular formula is C13H17NO. The lowest BCUT2D eigenvalue weighted by molar-refractivity contribution is 0.371. The van der Waals surface area contributed by atoms with Crippen molar-refractivity contribution in [3.05, 3.63) is 36.0 Å². The van der Waals surface area contributed by atoms with Crippen LogP contribution in [0.15, 0.2) is 40.9 Å². The predicted molar refractivity (Wildman–Crippen MR) is 62.3 cm³/mol. The molecule has 1 rings (SSSR count). The molecule has 0 saturated carbocycles. The van der Waals surface area contributed by atoms with Crippen LogP contribution in [0.25, 0.3) is 0 Å². The van der Waals surface area contributed by atoms with E-state index >= 15 is 0 Å². The number of hydrogen-bond acceptors (Lipinski definition) is 2. The molecule has 2 atom stereocenters. The van der Waals surface area contributed by atoms with Gasteiger partial charge in [0.15, 0.2) is 0 Å². The molecule has 0 heterocycles. The van der Waals surface area contributed by atoms with Crippen molar-refractivity contribution < 1.29 is 4.79 Å². The van der Waals surface area contributed by atoms with Crippen molar-refractivity contribution in [1.29, 1.82) is 0 Å². The van der Waals surface area contributed by atoms with Gasteiger partial charge in [0.2, 0.25) is 6.08 Å². The number of carbonyl (C=O) groups excluding carboxylic acids is 1. The summed E-state index contributed by atoms with van der Waals surface area (Å²) in [6.07, 6.45) is 7.78. The summed E-state index contributed by atoms with van der Waals surface area (Å²) in [5, 5.41) is 0. The second-order valence-corrected chi connectivity index (χ2v) is 4.29. The molecule has 80 valence electrons. The molecule has 1 aliphatic rings. The third-order valence-corrected chi connectivity index (χ3v) is 3.45. The Morgan fingerprint density at radius 3 is 2.93 bits per heavy atom. The normalized spacial score (nSPS) is 29.3. The average molecular weight is 203 g/mol. The molecule has 0 amide bonds. The highest BCUT2D eigenvalue weighted by molar-refractivity contribution is 5.37. The maximum Gasteiger partial charge on any atom is 0.235 e. The Bertz CT molecular complexity index is 372. The van der Waals surface area contributed by atoms with Gasteiger partial charge in [-0.15, -0.1) is 0 Å². The van der Waals surface area contributed by atoms with Crippen LogP contribution in [0.2, 0.25) is 0 Å². The SMILES string of the molecule is C=C(C)C1(C)C=CC=C(CN=C=O)C1C.